The molecule has 0 aliphatic heterocycles. The van der Waals surface area contributed by atoms with Gasteiger partial charge in [-0.1, -0.05) is 46.0 Å². The number of hydrogen-bond acceptors (Lipinski definition) is 2. The molecule has 0 radical (unpaired) electrons. The average Bonchev–Trinajstić information content (AvgIpc) is 2.44. The van der Waals surface area contributed by atoms with Gasteiger partial charge in [0.15, 0.2) is 0 Å². The zero-order chi connectivity index (χ0) is 13.6. The maximum Gasteiger partial charge on any atom is 0.0808 e. The van der Waals surface area contributed by atoms with Gasteiger partial charge in [0.1, 0.15) is 0 Å². The van der Waals surface area contributed by atoms with Crippen LogP contribution >= 0.6 is 0 Å². The highest BCUT2D eigenvalue weighted by atomic mass is 16.5. The van der Waals surface area contributed by atoms with Gasteiger partial charge in [-0.15, -0.1) is 0 Å². The van der Waals surface area contributed by atoms with Gasteiger partial charge < -0.3 is 10.1 Å². The van der Waals surface area contributed by atoms with E-state index >= 15 is 0 Å². The summed E-state index contributed by atoms with van der Waals surface area (Å²) < 4.78 is 6.52. The van der Waals surface area contributed by atoms with Crippen LogP contribution in [0.4, 0.5) is 0 Å². The van der Waals surface area contributed by atoms with E-state index in [2.05, 4.69) is 19.2 Å². The highest BCUT2D eigenvalue weighted by molar-refractivity contribution is 4.89. The molecule has 2 saturated carbocycles. The summed E-state index contributed by atoms with van der Waals surface area (Å²) in [5, 5.41) is 3.54. The molecule has 2 rings (SSSR count). The molecule has 2 heteroatoms. The van der Waals surface area contributed by atoms with E-state index in [-0.39, 0.29) is 5.60 Å². The van der Waals surface area contributed by atoms with Crippen molar-refractivity contribution in [2.24, 2.45) is 11.8 Å². The van der Waals surface area contributed by atoms with Gasteiger partial charge in [0, 0.05) is 6.54 Å². The number of likely N-dealkylation sites (N-methyl/N-ethyl adjacent to an activating group) is 1. The van der Waals surface area contributed by atoms with Gasteiger partial charge in [-0.2, -0.15) is 0 Å². The Labute approximate surface area is 119 Å². The van der Waals surface area contributed by atoms with Gasteiger partial charge in [0.25, 0.3) is 0 Å². The lowest BCUT2D eigenvalue weighted by molar-refractivity contribution is -0.0943. The van der Waals surface area contributed by atoms with E-state index in [4.69, 9.17) is 4.74 Å². The third-order valence-electron chi connectivity index (χ3n) is 5.10. The second-order valence-corrected chi connectivity index (χ2v) is 6.98. The largest absolute Gasteiger partial charge is 0.373 e. The number of nitrogens with one attached hydrogen (secondary N) is 1. The summed E-state index contributed by atoms with van der Waals surface area (Å²) in [6.45, 7) is 7.71. The lowest BCUT2D eigenvalue weighted by Crippen LogP contribution is -2.47. The van der Waals surface area contributed by atoms with E-state index < -0.39 is 0 Å². The Balaban J connectivity index is 1.85. The molecule has 0 aromatic rings. The molecule has 2 unspecified atom stereocenters. The zero-order valence-electron chi connectivity index (χ0n) is 13.0. The molecule has 2 fully saturated rings. The quantitative estimate of drug-likeness (QED) is 0.781. The van der Waals surface area contributed by atoms with Crippen LogP contribution in [0.3, 0.4) is 0 Å². The van der Waals surface area contributed by atoms with Crippen LogP contribution in [0.25, 0.3) is 0 Å². The molecule has 2 aliphatic carbocycles. The maximum absolute atomic E-state index is 6.52. The van der Waals surface area contributed by atoms with E-state index in [1.54, 1.807) is 0 Å². The predicted molar refractivity (Wildman–Crippen MR) is 81.4 cm³/mol. The molecule has 0 saturated heterocycles. The maximum atomic E-state index is 6.52. The fraction of sp³-hybridized carbons (Fsp3) is 1.00. The number of ether oxygens (including phenoxy) is 1. The molecule has 112 valence electrons. The van der Waals surface area contributed by atoms with Gasteiger partial charge >= 0.3 is 0 Å². The van der Waals surface area contributed by atoms with Crippen LogP contribution in [0.5, 0.6) is 0 Å². The second-order valence-electron chi connectivity index (χ2n) is 6.98. The first-order valence-electron chi connectivity index (χ1n) is 8.59. The molecule has 0 aromatic heterocycles. The standard InChI is InChI=1S/C17H33NO/c1-3-18-14-17(11-7-8-15(2)12-17)19-13-16-9-5-4-6-10-16/h15-16,18H,3-14H2,1-2H3. The van der Waals surface area contributed by atoms with Crippen LogP contribution in [0.2, 0.25) is 0 Å². The van der Waals surface area contributed by atoms with Crippen molar-refractivity contribution < 1.29 is 4.74 Å². The highest BCUT2D eigenvalue weighted by Gasteiger charge is 2.36. The second kappa shape index (κ2) is 7.64. The molecule has 2 atom stereocenters. The third kappa shape index (κ3) is 4.75. The fourth-order valence-electron chi connectivity index (χ4n) is 3.96. The monoisotopic (exact) mass is 267 g/mol. The molecular formula is C17H33NO. The molecule has 1 N–H and O–H groups in total. The van der Waals surface area contributed by atoms with Crippen molar-refractivity contribution >= 4 is 0 Å². The smallest absolute Gasteiger partial charge is 0.0808 e. The van der Waals surface area contributed by atoms with E-state index in [1.165, 1.54) is 57.8 Å². The first-order chi connectivity index (χ1) is 9.24. The van der Waals surface area contributed by atoms with Crippen LogP contribution in [-0.4, -0.2) is 25.3 Å². The Morgan fingerprint density at radius 2 is 1.89 bits per heavy atom. The number of rotatable bonds is 6. The van der Waals surface area contributed by atoms with Crippen molar-refractivity contribution in [1.29, 1.82) is 0 Å². The summed E-state index contributed by atoms with van der Waals surface area (Å²) in [4.78, 5) is 0. The molecule has 19 heavy (non-hydrogen) atoms. The number of hydrogen-bond donors (Lipinski definition) is 1. The minimum atomic E-state index is 0.144. The Bertz CT molecular complexity index is 250. The Morgan fingerprint density at radius 1 is 1.11 bits per heavy atom. The summed E-state index contributed by atoms with van der Waals surface area (Å²) in [6, 6.07) is 0. The lowest BCUT2D eigenvalue weighted by atomic mass is 9.78. The molecule has 0 spiro atoms. The van der Waals surface area contributed by atoms with E-state index in [9.17, 15) is 0 Å². The Hall–Kier alpha value is -0.0800. The van der Waals surface area contributed by atoms with Crippen LogP contribution in [0.15, 0.2) is 0 Å². The van der Waals surface area contributed by atoms with Crippen LogP contribution in [0, 0.1) is 11.8 Å². The van der Waals surface area contributed by atoms with Gasteiger partial charge in [0.2, 0.25) is 0 Å². The zero-order valence-corrected chi connectivity index (χ0v) is 13.0. The normalized spacial score (nSPS) is 33.5. The minimum Gasteiger partial charge on any atom is -0.373 e. The fourth-order valence-corrected chi connectivity index (χ4v) is 3.96. The first kappa shape index (κ1) is 15.3. The van der Waals surface area contributed by atoms with Gasteiger partial charge in [-0.3, -0.25) is 0 Å². The molecule has 0 bridgehead atoms. The van der Waals surface area contributed by atoms with Crippen molar-refractivity contribution in [3.63, 3.8) is 0 Å². The first-order valence-corrected chi connectivity index (χ1v) is 8.59. The Kier molecular flexibility index (Phi) is 6.15. The lowest BCUT2D eigenvalue weighted by Gasteiger charge is -2.41. The molecule has 0 heterocycles. The molecule has 0 amide bonds. The predicted octanol–water partition coefficient (Wildman–Crippen LogP) is 4.14. The SMILES string of the molecule is CCNCC1(OCC2CCCCC2)CCCC(C)C1. The topological polar surface area (TPSA) is 21.3 Å². The van der Waals surface area contributed by atoms with Gasteiger partial charge in [0.05, 0.1) is 12.2 Å². The Morgan fingerprint density at radius 3 is 2.58 bits per heavy atom. The van der Waals surface area contributed by atoms with Crippen molar-refractivity contribution in [1.82, 2.24) is 5.32 Å². The van der Waals surface area contributed by atoms with Crippen molar-refractivity contribution in [3.8, 4) is 0 Å². The third-order valence-corrected chi connectivity index (χ3v) is 5.10. The van der Waals surface area contributed by atoms with Crippen molar-refractivity contribution in [2.45, 2.75) is 77.2 Å². The van der Waals surface area contributed by atoms with Crippen LogP contribution < -0.4 is 5.32 Å². The average molecular weight is 267 g/mol. The molecule has 2 nitrogen and oxygen atoms in total. The summed E-state index contributed by atoms with van der Waals surface area (Å²) >= 11 is 0. The van der Waals surface area contributed by atoms with Crippen molar-refractivity contribution in [3.05, 3.63) is 0 Å². The minimum absolute atomic E-state index is 0.144. The van der Waals surface area contributed by atoms with E-state index in [1.807, 2.05) is 0 Å². The van der Waals surface area contributed by atoms with Crippen molar-refractivity contribution in [2.75, 3.05) is 19.7 Å². The summed E-state index contributed by atoms with van der Waals surface area (Å²) in [5.74, 6) is 1.67. The highest BCUT2D eigenvalue weighted by Crippen LogP contribution is 2.36. The van der Waals surface area contributed by atoms with E-state index in [0.29, 0.717) is 0 Å². The summed E-state index contributed by atoms with van der Waals surface area (Å²) in [7, 11) is 0. The summed E-state index contributed by atoms with van der Waals surface area (Å²) in [5.41, 5.74) is 0.144. The van der Waals surface area contributed by atoms with Crippen LogP contribution in [-0.2, 0) is 4.74 Å². The van der Waals surface area contributed by atoms with Gasteiger partial charge in [-0.25, -0.2) is 0 Å². The van der Waals surface area contributed by atoms with Crippen LogP contribution in [0.1, 0.15) is 71.6 Å². The van der Waals surface area contributed by atoms with Gasteiger partial charge in [-0.05, 0) is 44.1 Å². The van der Waals surface area contributed by atoms with E-state index in [0.717, 1.165) is 31.5 Å². The summed E-state index contributed by atoms with van der Waals surface area (Å²) in [6.07, 6.45) is 12.3. The molecular weight excluding hydrogens is 234 g/mol. The molecule has 2 aliphatic rings. The molecule has 0 aromatic carbocycles.